The molecule has 0 fully saturated rings. The molecule has 1 aromatic carbocycles. The van der Waals surface area contributed by atoms with E-state index in [-0.39, 0.29) is 5.56 Å². The summed E-state index contributed by atoms with van der Waals surface area (Å²) in [6.07, 6.45) is 0. The van der Waals surface area contributed by atoms with Crippen molar-refractivity contribution in [1.29, 1.82) is 0 Å². The molecule has 74 valence electrons. The summed E-state index contributed by atoms with van der Waals surface area (Å²) in [5.74, 6) is 0.652. The maximum atomic E-state index is 11.3. The van der Waals surface area contributed by atoms with E-state index in [1.54, 1.807) is 13.0 Å². The number of nitrogens with zero attached hydrogens (tertiary/aromatic N) is 1. The minimum absolute atomic E-state index is 0.0712. The van der Waals surface area contributed by atoms with Gasteiger partial charge in [-0.05, 0) is 26.1 Å². The smallest absolute Gasteiger partial charge is 0.258 e. The van der Waals surface area contributed by atoms with E-state index in [9.17, 15) is 4.79 Å². The molecule has 2 rings (SSSR count). The van der Waals surface area contributed by atoms with Crippen molar-refractivity contribution >= 4 is 10.9 Å². The van der Waals surface area contributed by atoms with Crippen LogP contribution in [0.5, 0.6) is 0 Å². The first-order valence-electron chi connectivity index (χ1n) is 4.31. The van der Waals surface area contributed by atoms with Crippen molar-refractivity contribution < 1.29 is 0 Å². The Labute approximate surface area is 81.8 Å². The lowest BCUT2D eigenvalue weighted by molar-refractivity contribution is 1.06. The second-order valence-electron chi connectivity index (χ2n) is 2.67. The first-order chi connectivity index (χ1) is 6.77. The molecule has 1 heterocycles. The number of hydrogen-bond acceptors (Lipinski definition) is 3. The summed E-state index contributed by atoms with van der Waals surface area (Å²) in [5.41, 5.74) is 5.18. The van der Waals surface area contributed by atoms with Crippen LogP contribution < -0.4 is 11.3 Å². The van der Waals surface area contributed by atoms with Crippen LogP contribution in [0.3, 0.4) is 0 Å². The maximum Gasteiger partial charge on any atom is 0.258 e. The van der Waals surface area contributed by atoms with Crippen LogP contribution in [0.15, 0.2) is 29.1 Å². The summed E-state index contributed by atoms with van der Waals surface area (Å²) in [7, 11) is 1.50. The predicted octanol–water partition coefficient (Wildman–Crippen LogP) is 0.806. The Balaban J connectivity index is 0.000000461. The molecule has 1 aromatic heterocycles. The minimum Gasteiger partial charge on any atom is -0.333 e. The van der Waals surface area contributed by atoms with Gasteiger partial charge in [0.2, 0.25) is 0 Å². The van der Waals surface area contributed by atoms with Gasteiger partial charge in [0.1, 0.15) is 5.82 Å². The van der Waals surface area contributed by atoms with Gasteiger partial charge in [-0.2, -0.15) is 0 Å². The highest BCUT2D eigenvalue weighted by Gasteiger charge is 1.97. The van der Waals surface area contributed by atoms with Crippen molar-refractivity contribution in [3.63, 3.8) is 0 Å². The fourth-order valence-corrected chi connectivity index (χ4v) is 1.20. The van der Waals surface area contributed by atoms with Crippen LogP contribution in [-0.4, -0.2) is 17.0 Å². The quantitative estimate of drug-likeness (QED) is 0.647. The second-order valence-corrected chi connectivity index (χ2v) is 2.67. The van der Waals surface area contributed by atoms with Gasteiger partial charge in [-0.15, -0.1) is 0 Å². The van der Waals surface area contributed by atoms with E-state index in [0.717, 1.165) is 5.52 Å². The largest absolute Gasteiger partial charge is 0.333 e. The highest BCUT2D eigenvalue weighted by Crippen LogP contribution is 2.04. The van der Waals surface area contributed by atoms with Crippen LogP contribution in [0.1, 0.15) is 5.82 Å². The number of hydrogen-bond donors (Lipinski definition) is 2. The fraction of sp³-hybridized carbons (Fsp3) is 0.200. The molecule has 0 spiro atoms. The number of rotatable bonds is 0. The monoisotopic (exact) mass is 191 g/mol. The van der Waals surface area contributed by atoms with Gasteiger partial charge in [-0.3, -0.25) is 4.79 Å². The first-order valence-corrected chi connectivity index (χ1v) is 4.31. The van der Waals surface area contributed by atoms with Gasteiger partial charge < -0.3 is 10.7 Å². The number of nitrogens with two attached hydrogens (primary N) is 1. The van der Waals surface area contributed by atoms with Crippen molar-refractivity contribution in [2.45, 2.75) is 6.92 Å². The molecule has 0 aliphatic carbocycles. The highest BCUT2D eigenvalue weighted by atomic mass is 16.1. The lowest BCUT2D eigenvalue weighted by Gasteiger charge is -1.95. The van der Waals surface area contributed by atoms with E-state index in [2.05, 4.69) is 15.7 Å². The van der Waals surface area contributed by atoms with Crippen molar-refractivity contribution in [2.24, 2.45) is 5.73 Å². The molecule has 3 N–H and O–H groups in total. The summed E-state index contributed by atoms with van der Waals surface area (Å²) >= 11 is 0. The molecule has 0 aliphatic heterocycles. The average Bonchev–Trinajstić information content (AvgIpc) is 2.20. The molecule has 2 aromatic rings. The lowest BCUT2D eigenvalue weighted by atomic mass is 10.2. The standard InChI is InChI=1S/C9H8N2O.CH5N/c1-6-10-8-5-3-2-4-7(8)9(12)11-6;1-2/h2-5H,1H3,(H,10,11,12);2H2,1H3. The number of H-pyrrole nitrogens is 1. The number of aromatic nitrogens is 2. The van der Waals surface area contributed by atoms with Crippen molar-refractivity contribution in [2.75, 3.05) is 7.05 Å². The number of benzene rings is 1. The van der Waals surface area contributed by atoms with Gasteiger partial charge in [0.05, 0.1) is 10.9 Å². The molecule has 0 saturated carbocycles. The Morgan fingerprint density at radius 3 is 2.64 bits per heavy atom. The van der Waals surface area contributed by atoms with E-state index in [4.69, 9.17) is 0 Å². The van der Waals surface area contributed by atoms with Crippen LogP contribution in [0.4, 0.5) is 0 Å². The zero-order valence-electron chi connectivity index (χ0n) is 8.24. The van der Waals surface area contributed by atoms with Crippen LogP contribution in [0, 0.1) is 6.92 Å². The Morgan fingerprint density at radius 2 is 1.93 bits per heavy atom. The Bertz CT molecular complexity index is 476. The van der Waals surface area contributed by atoms with Gasteiger partial charge in [0.15, 0.2) is 0 Å². The third-order valence-electron chi connectivity index (χ3n) is 1.73. The molecular formula is C10H13N3O. The van der Waals surface area contributed by atoms with Crippen LogP contribution in [0.2, 0.25) is 0 Å². The van der Waals surface area contributed by atoms with Crippen molar-refractivity contribution in [1.82, 2.24) is 9.97 Å². The van der Waals surface area contributed by atoms with E-state index in [1.807, 2.05) is 18.2 Å². The number of para-hydroxylation sites is 1. The van der Waals surface area contributed by atoms with E-state index < -0.39 is 0 Å². The zero-order chi connectivity index (χ0) is 10.6. The molecule has 4 nitrogen and oxygen atoms in total. The zero-order valence-corrected chi connectivity index (χ0v) is 8.24. The number of aromatic amines is 1. The minimum atomic E-state index is -0.0712. The topological polar surface area (TPSA) is 71.8 Å². The van der Waals surface area contributed by atoms with Crippen molar-refractivity contribution in [3.05, 3.63) is 40.4 Å². The average molecular weight is 191 g/mol. The van der Waals surface area contributed by atoms with Crippen LogP contribution in [-0.2, 0) is 0 Å². The van der Waals surface area contributed by atoms with E-state index in [0.29, 0.717) is 11.2 Å². The second kappa shape index (κ2) is 4.53. The number of nitrogens with one attached hydrogen (secondary N) is 1. The third-order valence-corrected chi connectivity index (χ3v) is 1.73. The van der Waals surface area contributed by atoms with Gasteiger partial charge in [0.25, 0.3) is 5.56 Å². The maximum absolute atomic E-state index is 11.3. The molecule has 0 radical (unpaired) electrons. The summed E-state index contributed by atoms with van der Waals surface area (Å²) in [6, 6.07) is 7.29. The predicted molar refractivity (Wildman–Crippen MR) is 57.2 cm³/mol. The lowest BCUT2D eigenvalue weighted by Crippen LogP contribution is -2.09. The Kier molecular flexibility index (Phi) is 3.36. The van der Waals surface area contributed by atoms with Gasteiger partial charge in [-0.25, -0.2) is 4.98 Å². The SMILES string of the molecule is CN.Cc1nc2ccccc2c(=O)[nH]1. The van der Waals surface area contributed by atoms with Crippen LogP contribution >= 0.6 is 0 Å². The normalized spacial score (nSPS) is 9.36. The first kappa shape index (κ1) is 10.4. The summed E-state index contributed by atoms with van der Waals surface area (Å²) < 4.78 is 0. The molecular weight excluding hydrogens is 178 g/mol. The molecule has 4 heteroatoms. The van der Waals surface area contributed by atoms with Gasteiger partial charge >= 0.3 is 0 Å². The molecule has 14 heavy (non-hydrogen) atoms. The summed E-state index contributed by atoms with van der Waals surface area (Å²) in [5, 5.41) is 0.642. The van der Waals surface area contributed by atoms with Crippen molar-refractivity contribution in [3.8, 4) is 0 Å². The van der Waals surface area contributed by atoms with Gasteiger partial charge in [-0.1, -0.05) is 12.1 Å². The van der Waals surface area contributed by atoms with E-state index in [1.165, 1.54) is 7.05 Å². The molecule has 0 aliphatic rings. The summed E-state index contributed by atoms with van der Waals surface area (Å²) in [6.45, 7) is 1.77. The van der Waals surface area contributed by atoms with E-state index >= 15 is 0 Å². The van der Waals surface area contributed by atoms with Gasteiger partial charge in [0, 0.05) is 0 Å². The van der Waals surface area contributed by atoms with Crippen LogP contribution in [0.25, 0.3) is 10.9 Å². The third kappa shape index (κ3) is 1.97. The highest BCUT2D eigenvalue weighted by molar-refractivity contribution is 5.76. The number of aryl methyl sites for hydroxylation is 1. The molecule has 0 atom stereocenters. The molecule has 0 saturated heterocycles. The Hall–Kier alpha value is -1.68. The molecule has 0 amide bonds. The molecule has 0 unspecified atom stereocenters. The Morgan fingerprint density at radius 1 is 1.29 bits per heavy atom. The fourth-order valence-electron chi connectivity index (χ4n) is 1.20. The summed E-state index contributed by atoms with van der Waals surface area (Å²) in [4.78, 5) is 18.1. The number of fused-ring (bicyclic) bond motifs is 1. The molecule has 0 bridgehead atoms.